The van der Waals surface area contributed by atoms with E-state index in [1.807, 2.05) is 0 Å². The van der Waals surface area contributed by atoms with Crippen molar-refractivity contribution in [3.8, 4) is 22.8 Å². The van der Waals surface area contributed by atoms with E-state index in [1.54, 1.807) is 18.2 Å². The number of nitrogens with one attached hydrogen (secondary N) is 1. The summed E-state index contributed by atoms with van der Waals surface area (Å²) in [5.41, 5.74) is 8.58. The van der Waals surface area contributed by atoms with E-state index in [0.29, 0.717) is 11.1 Å². The zero-order chi connectivity index (χ0) is 22.7. The lowest BCUT2D eigenvalue weighted by Crippen LogP contribution is -2.19. The van der Waals surface area contributed by atoms with Crippen molar-refractivity contribution in [1.29, 1.82) is 0 Å². The molecule has 0 saturated carbocycles. The Morgan fingerprint density at radius 3 is 2.62 bits per heavy atom. The number of nitro benzene ring substituents is 1. The predicted molar refractivity (Wildman–Crippen MR) is 109 cm³/mol. The molecule has 1 amide bonds. The first-order chi connectivity index (χ1) is 15.5. The van der Waals surface area contributed by atoms with Gasteiger partial charge in [-0.3, -0.25) is 14.9 Å². The third-order valence-corrected chi connectivity index (χ3v) is 4.24. The SMILES string of the molecule is Nc1nonc1-n1nnc(C(=O)NN=Cc2ccccc2O)c1-c1ccc([N+](=O)[O-])cc1. The van der Waals surface area contributed by atoms with Gasteiger partial charge in [-0.05, 0) is 34.6 Å². The maximum atomic E-state index is 12.8. The summed E-state index contributed by atoms with van der Waals surface area (Å²) in [6.45, 7) is 0. The highest BCUT2D eigenvalue weighted by Gasteiger charge is 2.25. The first-order valence-electron chi connectivity index (χ1n) is 8.86. The molecule has 0 fully saturated rings. The number of phenols is 1. The topological polar surface area (TPSA) is 200 Å². The van der Waals surface area contributed by atoms with E-state index in [2.05, 4.69) is 35.8 Å². The average Bonchev–Trinajstić information content (AvgIpc) is 3.41. The summed E-state index contributed by atoms with van der Waals surface area (Å²) in [6.07, 6.45) is 1.25. The van der Waals surface area contributed by atoms with E-state index >= 15 is 0 Å². The van der Waals surface area contributed by atoms with Crippen LogP contribution in [0.3, 0.4) is 0 Å². The number of carbonyl (C=O) groups is 1. The van der Waals surface area contributed by atoms with E-state index in [0.717, 1.165) is 4.68 Å². The Morgan fingerprint density at radius 1 is 1.22 bits per heavy atom. The minimum Gasteiger partial charge on any atom is -0.507 e. The number of phenolic OH excluding ortho intramolecular Hbond substituents is 1. The summed E-state index contributed by atoms with van der Waals surface area (Å²) >= 11 is 0. The lowest BCUT2D eigenvalue weighted by Gasteiger charge is -2.05. The molecule has 0 unspecified atom stereocenters. The van der Waals surface area contributed by atoms with Crippen LogP contribution in [0.15, 0.2) is 58.3 Å². The van der Waals surface area contributed by atoms with Gasteiger partial charge in [0.05, 0.1) is 11.1 Å². The number of para-hydroxylation sites is 1. The molecule has 2 aromatic heterocycles. The fraction of sp³-hybridized carbons (Fsp3) is 0. The van der Waals surface area contributed by atoms with Crippen molar-refractivity contribution in [3.63, 3.8) is 0 Å². The molecule has 4 aromatic rings. The maximum absolute atomic E-state index is 12.8. The van der Waals surface area contributed by atoms with Crippen LogP contribution in [-0.4, -0.2) is 47.5 Å². The molecule has 0 aliphatic carbocycles. The van der Waals surface area contributed by atoms with Gasteiger partial charge in [-0.2, -0.15) is 9.78 Å². The summed E-state index contributed by atoms with van der Waals surface area (Å²) in [6, 6.07) is 11.8. The van der Waals surface area contributed by atoms with Crippen molar-refractivity contribution in [1.82, 2.24) is 30.7 Å². The minimum atomic E-state index is -0.744. The van der Waals surface area contributed by atoms with E-state index in [4.69, 9.17) is 5.73 Å². The lowest BCUT2D eigenvalue weighted by molar-refractivity contribution is -0.384. The van der Waals surface area contributed by atoms with Crippen molar-refractivity contribution < 1.29 is 19.5 Å². The van der Waals surface area contributed by atoms with E-state index in [-0.39, 0.29) is 34.5 Å². The molecule has 14 heteroatoms. The summed E-state index contributed by atoms with van der Waals surface area (Å²) in [7, 11) is 0. The number of amides is 1. The van der Waals surface area contributed by atoms with Gasteiger partial charge in [0.25, 0.3) is 11.6 Å². The zero-order valence-electron chi connectivity index (χ0n) is 16.0. The first-order valence-corrected chi connectivity index (χ1v) is 8.86. The van der Waals surface area contributed by atoms with Gasteiger partial charge < -0.3 is 10.8 Å². The molecule has 4 N–H and O–H groups in total. The Hall–Kier alpha value is -5.14. The molecule has 0 bridgehead atoms. The summed E-state index contributed by atoms with van der Waals surface area (Å²) in [5.74, 6) is -0.895. The molecule has 160 valence electrons. The van der Waals surface area contributed by atoms with Crippen LogP contribution < -0.4 is 11.2 Å². The number of nitrogen functional groups attached to an aromatic ring is 1. The summed E-state index contributed by atoms with van der Waals surface area (Å²) < 4.78 is 5.70. The molecule has 0 atom stereocenters. The van der Waals surface area contributed by atoms with E-state index in [1.165, 1.54) is 36.5 Å². The Morgan fingerprint density at radius 2 is 1.97 bits per heavy atom. The Kier molecular flexibility index (Phi) is 5.23. The highest BCUT2D eigenvalue weighted by Crippen LogP contribution is 2.28. The van der Waals surface area contributed by atoms with Gasteiger partial charge in [-0.25, -0.2) is 10.1 Å². The summed E-state index contributed by atoms with van der Waals surface area (Å²) in [4.78, 5) is 23.2. The molecule has 2 heterocycles. The highest BCUT2D eigenvalue weighted by atomic mass is 16.6. The number of nitro groups is 1. The van der Waals surface area contributed by atoms with Crippen LogP contribution >= 0.6 is 0 Å². The van der Waals surface area contributed by atoms with Crippen molar-refractivity contribution in [2.45, 2.75) is 0 Å². The van der Waals surface area contributed by atoms with Gasteiger partial charge >= 0.3 is 0 Å². The number of carbonyl (C=O) groups excluding carboxylic acids is 1. The summed E-state index contributed by atoms with van der Waals surface area (Å²) in [5, 5.41) is 39.4. The number of aromatic nitrogens is 5. The Balaban J connectivity index is 1.71. The number of hydrazone groups is 1. The first kappa shape index (κ1) is 20.1. The Bertz CT molecular complexity index is 1330. The van der Waals surface area contributed by atoms with Crippen molar-refractivity contribution in [2.24, 2.45) is 5.10 Å². The molecule has 0 radical (unpaired) electrons. The monoisotopic (exact) mass is 435 g/mol. The lowest BCUT2D eigenvalue weighted by atomic mass is 10.1. The molecule has 14 nitrogen and oxygen atoms in total. The zero-order valence-corrected chi connectivity index (χ0v) is 16.0. The number of rotatable bonds is 6. The number of non-ortho nitro benzene ring substituents is 1. The molecular weight excluding hydrogens is 422 g/mol. The van der Waals surface area contributed by atoms with Crippen LogP contribution in [0.25, 0.3) is 17.1 Å². The average molecular weight is 435 g/mol. The number of anilines is 1. The maximum Gasteiger partial charge on any atom is 0.294 e. The third-order valence-electron chi connectivity index (χ3n) is 4.24. The predicted octanol–water partition coefficient (Wildman–Crippen LogP) is 1.28. The second kappa shape index (κ2) is 8.31. The van der Waals surface area contributed by atoms with Crippen LogP contribution in [0.5, 0.6) is 5.75 Å². The van der Waals surface area contributed by atoms with Gasteiger partial charge in [0, 0.05) is 23.3 Å². The number of aromatic hydroxyl groups is 1. The van der Waals surface area contributed by atoms with Gasteiger partial charge in [-0.1, -0.05) is 17.3 Å². The normalized spacial score (nSPS) is 11.0. The fourth-order valence-electron chi connectivity index (χ4n) is 2.73. The van der Waals surface area contributed by atoms with Crippen LogP contribution in [-0.2, 0) is 0 Å². The molecule has 0 saturated heterocycles. The molecule has 0 aliphatic heterocycles. The largest absolute Gasteiger partial charge is 0.507 e. The van der Waals surface area contributed by atoms with Crippen LogP contribution in [0.2, 0.25) is 0 Å². The van der Waals surface area contributed by atoms with Crippen LogP contribution in [0.1, 0.15) is 16.1 Å². The van der Waals surface area contributed by atoms with E-state index in [9.17, 15) is 20.0 Å². The fourth-order valence-corrected chi connectivity index (χ4v) is 2.73. The minimum absolute atomic E-state index is 0.0166. The molecule has 0 spiro atoms. The molecule has 4 rings (SSSR count). The van der Waals surface area contributed by atoms with Crippen molar-refractivity contribution >= 4 is 23.6 Å². The van der Waals surface area contributed by atoms with Crippen molar-refractivity contribution in [2.75, 3.05) is 5.73 Å². The quantitative estimate of drug-likeness (QED) is 0.225. The van der Waals surface area contributed by atoms with Crippen LogP contribution in [0.4, 0.5) is 11.5 Å². The molecule has 32 heavy (non-hydrogen) atoms. The van der Waals surface area contributed by atoms with Crippen molar-refractivity contribution in [3.05, 3.63) is 69.9 Å². The standard InChI is InChI=1S/C18H13N9O5/c19-16-17(24-32-23-16)26-15(10-5-7-12(8-6-10)27(30)31)14(21-25-26)18(29)22-20-9-11-3-1-2-4-13(11)28/h1-9,28H,(H2,19,23)(H,22,29). The van der Waals surface area contributed by atoms with Gasteiger partial charge in [0.1, 0.15) is 11.4 Å². The van der Waals surface area contributed by atoms with Crippen LogP contribution in [0, 0.1) is 10.1 Å². The highest BCUT2D eigenvalue weighted by molar-refractivity contribution is 5.99. The number of hydrogen-bond acceptors (Lipinski definition) is 11. The molecule has 2 aromatic carbocycles. The van der Waals surface area contributed by atoms with E-state index < -0.39 is 10.8 Å². The number of hydrogen-bond donors (Lipinski definition) is 3. The molecular formula is C18H13N9O5. The second-order valence-electron chi connectivity index (χ2n) is 6.23. The van der Waals surface area contributed by atoms with Gasteiger partial charge in [-0.15, -0.1) is 5.10 Å². The number of nitrogens with two attached hydrogens (primary N) is 1. The number of benzene rings is 2. The smallest absolute Gasteiger partial charge is 0.294 e. The van der Waals surface area contributed by atoms with Gasteiger partial charge in [0.15, 0.2) is 5.69 Å². The second-order valence-corrected chi connectivity index (χ2v) is 6.23. The number of nitrogens with zero attached hydrogens (tertiary/aromatic N) is 7. The van der Waals surface area contributed by atoms with Gasteiger partial charge in [0.2, 0.25) is 11.6 Å². The Labute approximate surface area is 178 Å². The molecule has 0 aliphatic rings. The third kappa shape index (κ3) is 3.82.